The van der Waals surface area contributed by atoms with Crippen LogP contribution >= 0.6 is 0 Å². The van der Waals surface area contributed by atoms with E-state index in [2.05, 4.69) is 0 Å². The maximum Gasteiger partial charge on any atom is 0.274 e. The van der Waals surface area contributed by atoms with E-state index in [0.717, 1.165) is 25.7 Å². The zero-order valence-electron chi connectivity index (χ0n) is 21.5. The molecule has 10 nitrogen and oxygen atoms in total. The van der Waals surface area contributed by atoms with Crippen LogP contribution in [-0.2, 0) is 29.9 Å². The fourth-order valence-electron chi connectivity index (χ4n) is 6.15. The smallest absolute Gasteiger partial charge is 0.274 e. The van der Waals surface area contributed by atoms with Crippen molar-refractivity contribution in [3.05, 3.63) is 35.5 Å². The molecule has 0 radical (unpaired) electrons. The number of fused-ring (bicyclic) bond motifs is 3. The van der Waals surface area contributed by atoms with Crippen molar-refractivity contribution >= 4 is 21.7 Å². The van der Waals surface area contributed by atoms with Crippen LogP contribution in [0.4, 0.5) is 0 Å². The molecule has 1 aromatic heterocycles. The molecular formula is C27H34N4O6S. The summed E-state index contributed by atoms with van der Waals surface area (Å²) in [6, 6.07) is 6.81. The van der Waals surface area contributed by atoms with Crippen molar-refractivity contribution in [1.82, 2.24) is 19.6 Å². The van der Waals surface area contributed by atoms with Gasteiger partial charge in [-0.2, -0.15) is 5.10 Å². The quantitative estimate of drug-likeness (QED) is 0.583. The Hall–Kier alpha value is -2.76. The summed E-state index contributed by atoms with van der Waals surface area (Å²) in [6.07, 6.45) is 3.97. The largest absolute Gasteiger partial charge is 0.381 e. The van der Waals surface area contributed by atoms with Gasteiger partial charge in [-0.25, -0.2) is 8.42 Å². The van der Waals surface area contributed by atoms with E-state index in [-0.39, 0.29) is 34.2 Å². The summed E-state index contributed by atoms with van der Waals surface area (Å²) in [6.45, 7) is 4.40. The van der Waals surface area contributed by atoms with Crippen molar-refractivity contribution in [3.8, 4) is 11.3 Å². The zero-order chi connectivity index (χ0) is 26.3. The lowest BCUT2D eigenvalue weighted by molar-refractivity contribution is -0.134. The van der Waals surface area contributed by atoms with Gasteiger partial charge in [0.05, 0.1) is 35.6 Å². The summed E-state index contributed by atoms with van der Waals surface area (Å²) >= 11 is 0. The molecule has 3 saturated heterocycles. The zero-order valence-corrected chi connectivity index (χ0v) is 22.3. The van der Waals surface area contributed by atoms with E-state index in [4.69, 9.17) is 14.6 Å². The number of benzene rings is 1. The van der Waals surface area contributed by atoms with Gasteiger partial charge in [0.2, 0.25) is 5.91 Å². The number of sulfone groups is 1. The van der Waals surface area contributed by atoms with Crippen LogP contribution in [-0.4, -0.2) is 92.4 Å². The normalized spacial score (nSPS) is 23.5. The first-order valence-electron chi connectivity index (χ1n) is 13.6. The first-order valence-corrected chi connectivity index (χ1v) is 15.2. The number of carbonyl (C=O) groups is 2. The van der Waals surface area contributed by atoms with Crippen molar-refractivity contribution in [2.24, 2.45) is 5.92 Å². The third-order valence-corrected chi connectivity index (χ3v) is 9.92. The van der Waals surface area contributed by atoms with Gasteiger partial charge in [0.25, 0.3) is 5.91 Å². The summed E-state index contributed by atoms with van der Waals surface area (Å²) < 4.78 is 39.2. The minimum absolute atomic E-state index is 0.142. The van der Waals surface area contributed by atoms with Crippen LogP contribution in [0.3, 0.4) is 0 Å². The first-order chi connectivity index (χ1) is 18.4. The van der Waals surface area contributed by atoms with Gasteiger partial charge >= 0.3 is 0 Å². The lowest BCUT2D eigenvalue weighted by Crippen LogP contribution is -2.42. The first kappa shape index (κ1) is 25.5. The highest BCUT2D eigenvalue weighted by Gasteiger charge is 2.39. The summed E-state index contributed by atoms with van der Waals surface area (Å²) in [5, 5.41) is 4.83. The lowest BCUT2D eigenvalue weighted by Gasteiger charge is -2.35. The van der Waals surface area contributed by atoms with Gasteiger partial charge < -0.3 is 19.3 Å². The summed E-state index contributed by atoms with van der Waals surface area (Å²) in [5.41, 5.74) is 1.93. The third-order valence-electron chi connectivity index (χ3n) is 8.22. The van der Waals surface area contributed by atoms with Crippen LogP contribution < -0.4 is 0 Å². The lowest BCUT2D eigenvalue weighted by atomic mass is 9.95. The van der Waals surface area contributed by atoms with Gasteiger partial charge in [0.1, 0.15) is 0 Å². The van der Waals surface area contributed by atoms with E-state index in [1.807, 2.05) is 15.6 Å². The van der Waals surface area contributed by atoms with Crippen molar-refractivity contribution in [1.29, 1.82) is 0 Å². The van der Waals surface area contributed by atoms with E-state index in [1.165, 1.54) is 0 Å². The van der Waals surface area contributed by atoms with Gasteiger partial charge in [-0.3, -0.25) is 14.3 Å². The number of aromatic nitrogens is 2. The van der Waals surface area contributed by atoms with E-state index >= 15 is 0 Å². The molecule has 5 heterocycles. The molecule has 11 heteroatoms. The van der Waals surface area contributed by atoms with E-state index < -0.39 is 9.84 Å². The Labute approximate surface area is 222 Å². The summed E-state index contributed by atoms with van der Waals surface area (Å²) in [4.78, 5) is 30.7. The van der Waals surface area contributed by atoms with Crippen LogP contribution in [0, 0.1) is 5.92 Å². The Morgan fingerprint density at radius 3 is 2.47 bits per heavy atom. The van der Waals surface area contributed by atoms with E-state index in [1.54, 1.807) is 23.1 Å². The molecule has 2 aromatic rings. The van der Waals surface area contributed by atoms with Crippen LogP contribution in [0.2, 0.25) is 0 Å². The molecule has 0 saturated carbocycles. The minimum Gasteiger partial charge on any atom is -0.381 e. The van der Waals surface area contributed by atoms with Crippen molar-refractivity contribution in [2.75, 3.05) is 52.6 Å². The maximum absolute atomic E-state index is 13.6. The number of ether oxygens (including phenoxy) is 2. The molecule has 0 unspecified atom stereocenters. The predicted molar refractivity (Wildman–Crippen MR) is 138 cm³/mol. The second-order valence-electron chi connectivity index (χ2n) is 10.7. The molecule has 0 aliphatic carbocycles. The Bertz CT molecular complexity index is 1330. The number of rotatable bonds is 4. The molecule has 1 atom stereocenters. The summed E-state index contributed by atoms with van der Waals surface area (Å²) in [5.74, 6) is -0.0237. The number of piperidine rings is 1. The standard InChI is InChI=1S/C27H34N4O6S/c32-24(16-19-7-12-36-13-8-19)30-9-3-4-20(17-30)31-26-21-5-1-2-6-23(21)38(34,35)18-22(26)25(28-31)27(33)29-10-14-37-15-11-29/h1-2,5-6,19-20H,3-4,7-18H2/t20-/m0/s1. The van der Waals surface area contributed by atoms with Crippen LogP contribution in [0.15, 0.2) is 29.2 Å². The number of morpholine rings is 1. The molecule has 1 aromatic carbocycles. The Kier molecular flexibility index (Phi) is 7.00. The van der Waals surface area contributed by atoms with Crippen molar-refractivity contribution in [2.45, 2.75) is 48.8 Å². The van der Waals surface area contributed by atoms with Gasteiger partial charge in [-0.05, 0) is 37.7 Å². The van der Waals surface area contributed by atoms with Crippen LogP contribution in [0.25, 0.3) is 11.3 Å². The number of amides is 2. The second-order valence-corrected chi connectivity index (χ2v) is 12.6. The van der Waals surface area contributed by atoms with Crippen molar-refractivity contribution in [3.63, 3.8) is 0 Å². The van der Waals surface area contributed by atoms with Gasteiger partial charge in [-0.1, -0.05) is 18.2 Å². The molecule has 0 N–H and O–H groups in total. The number of nitrogens with zero attached hydrogens (tertiary/aromatic N) is 4. The van der Waals surface area contributed by atoms with E-state index in [0.29, 0.717) is 81.8 Å². The number of carbonyl (C=O) groups excluding carboxylic acids is 2. The summed E-state index contributed by atoms with van der Waals surface area (Å²) in [7, 11) is -3.62. The average molecular weight is 543 g/mol. The number of likely N-dealkylation sites (tertiary alicyclic amines) is 1. The number of hydrogen-bond donors (Lipinski definition) is 0. The molecule has 6 rings (SSSR count). The van der Waals surface area contributed by atoms with Crippen LogP contribution in [0.5, 0.6) is 0 Å². The highest BCUT2D eigenvalue weighted by Crippen LogP contribution is 2.42. The topological polar surface area (TPSA) is 111 Å². The molecule has 4 aliphatic rings. The van der Waals surface area contributed by atoms with E-state index in [9.17, 15) is 18.0 Å². The average Bonchev–Trinajstić information content (AvgIpc) is 3.32. The fraction of sp³-hybridized carbons (Fsp3) is 0.593. The van der Waals surface area contributed by atoms with Gasteiger partial charge in [-0.15, -0.1) is 0 Å². The highest BCUT2D eigenvalue weighted by atomic mass is 32.2. The minimum atomic E-state index is -3.62. The molecule has 204 valence electrons. The predicted octanol–water partition coefficient (Wildman–Crippen LogP) is 2.29. The highest BCUT2D eigenvalue weighted by molar-refractivity contribution is 7.90. The molecule has 3 fully saturated rings. The molecule has 0 spiro atoms. The molecular weight excluding hydrogens is 508 g/mol. The second kappa shape index (κ2) is 10.4. The van der Waals surface area contributed by atoms with Gasteiger partial charge in [0, 0.05) is 56.9 Å². The molecule has 4 aliphatic heterocycles. The molecule has 2 amide bonds. The fourth-order valence-corrected chi connectivity index (χ4v) is 7.75. The van der Waals surface area contributed by atoms with Crippen LogP contribution in [0.1, 0.15) is 54.2 Å². The van der Waals surface area contributed by atoms with Gasteiger partial charge in [0.15, 0.2) is 15.5 Å². The SMILES string of the molecule is O=C(CC1CCOCC1)N1CCC[C@H](n2nc(C(=O)N3CCOCC3)c3c2-c2ccccc2S(=O)(=O)C3)C1. The van der Waals surface area contributed by atoms with Crippen molar-refractivity contribution < 1.29 is 27.5 Å². The Balaban J connectivity index is 1.35. The molecule has 38 heavy (non-hydrogen) atoms. The molecule has 0 bridgehead atoms. The number of hydrogen-bond acceptors (Lipinski definition) is 7. The Morgan fingerprint density at radius 1 is 0.947 bits per heavy atom. The third kappa shape index (κ3) is 4.76. The Morgan fingerprint density at radius 2 is 1.68 bits per heavy atom. The monoisotopic (exact) mass is 542 g/mol. The maximum atomic E-state index is 13.6.